The van der Waals surface area contributed by atoms with Crippen LogP contribution in [0.15, 0.2) is 24.3 Å². The van der Waals surface area contributed by atoms with Crippen molar-refractivity contribution < 1.29 is 28.6 Å². The van der Waals surface area contributed by atoms with Gasteiger partial charge in [0.15, 0.2) is 6.10 Å². The van der Waals surface area contributed by atoms with E-state index in [-0.39, 0.29) is 31.1 Å². The van der Waals surface area contributed by atoms with Crippen LogP contribution >= 0.6 is 0 Å². The van der Waals surface area contributed by atoms with Gasteiger partial charge in [-0.25, -0.2) is 0 Å². The molecule has 0 radical (unpaired) electrons. The maximum Gasteiger partial charge on any atom is 0.306 e. The number of rotatable bonds is 45. The topological polar surface area (TPSA) is 78.9 Å². The third kappa shape index (κ3) is 44.8. The zero-order chi connectivity index (χ0) is 41.5. The Bertz CT molecular complexity index is 927. The largest absolute Gasteiger partial charge is 0.462 e. The number of ether oxygens (including phenoxy) is 3. The first kappa shape index (κ1) is 54.9. The second-order valence-electron chi connectivity index (χ2n) is 16.7. The molecular formula is C51H94O6. The zero-order valence-electron chi connectivity index (χ0n) is 38.1. The lowest BCUT2D eigenvalue weighted by molar-refractivity contribution is -0.167. The first-order valence-corrected chi connectivity index (χ1v) is 24.8. The van der Waals surface area contributed by atoms with Crippen molar-refractivity contribution in [2.45, 2.75) is 271 Å². The molecule has 0 aromatic carbocycles. The summed E-state index contributed by atoms with van der Waals surface area (Å²) in [5, 5.41) is 0. The highest BCUT2D eigenvalue weighted by Crippen LogP contribution is 2.16. The quantitative estimate of drug-likeness (QED) is 0.0264. The summed E-state index contributed by atoms with van der Waals surface area (Å²) in [5.74, 6) is -0.878. The molecule has 0 saturated carbocycles. The summed E-state index contributed by atoms with van der Waals surface area (Å²) in [4.78, 5) is 37.8. The van der Waals surface area contributed by atoms with Gasteiger partial charge in [-0.05, 0) is 44.9 Å². The number of allylic oxidation sites excluding steroid dienone is 4. The van der Waals surface area contributed by atoms with Crippen LogP contribution in [0.4, 0.5) is 0 Å². The maximum atomic E-state index is 12.7. The van der Waals surface area contributed by atoms with Crippen molar-refractivity contribution in [3.8, 4) is 0 Å². The summed E-state index contributed by atoms with van der Waals surface area (Å²) in [5.41, 5.74) is 0. The molecule has 0 N–H and O–H groups in total. The Balaban J connectivity index is 4.31. The molecule has 0 aliphatic heterocycles. The number of carbonyl (C=O) groups excluding carboxylic acids is 3. The van der Waals surface area contributed by atoms with Gasteiger partial charge in [-0.3, -0.25) is 14.4 Å². The fraction of sp³-hybridized carbons (Fsp3) is 0.863. The lowest BCUT2D eigenvalue weighted by atomic mass is 10.0. The highest BCUT2D eigenvalue weighted by atomic mass is 16.6. The van der Waals surface area contributed by atoms with Crippen LogP contribution < -0.4 is 0 Å². The van der Waals surface area contributed by atoms with Gasteiger partial charge < -0.3 is 14.2 Å². The third-order valence-corrected chi connectivity index (χ3v) is 11.0. The first-order valence-electron chi connectivity index (χ1n) is 24.8. The number of unbranched alkanes of at least 4 members (excludes halogenated alkanes) is 30. The summed E-state index contributed by atoms with van der Waals surface area (Å²) in [6, 6.07) is 0. The van der Waals surface area contributed by atoms with Crippen LogP contribution in [-0.4, -0.2) is 37.2 Å². The summed E-state index contributed by atoms with van der Waals surface area (Å²) in [6.45, 7) is 6.59. The average Bonchev–Trinajstić information content (AvgIpc) is 3.21. The molecule has 0 heterocycles. The molecule has 6 heteroatoms. The third-order valence-electron chi connectivity index (χ3n) is 11.0. The Labute approximate surface area is 353 Å². The second kappa shape index (κ2) is 46.6. The summed E-state index contributed by atoms with van der Waals surface area (Å²) in [6.07, 6.45) is 51.6. The van der Waals surface area contributed by atoms with Crippen LogP contribution in [0.25, 0.3) is 0 Å². The Morgan fingerprint density at radius 2 is 0.649 bits per heavy atom. The molecule has 0 rings (SSSR count). The van der Waals surface area contributed by atoms with Crippen LogP contribution in [0.5, 0.6) is 0 Å². The Hall–Kier alpha value is -2.11. The van der Waals surface area contributed by atoms with Crippen LogP contribution in [0, 0.1) is 0 Å². The lowest BCUT2D eigenvalue weighted by Crippen LogP contribution is -2.30. The van der Waals surface area contributed by atoms with Crippen molar-refractivity contribution in [2.24, 2.45) is 0 Å². The van der Waals surface area contributed by atoms with E-state index in [9.17, 15) is 14.4 Å². The summed E-state index contributed by atoms with van der Waals surface area (Å²) >= 11 is 0. The number of esters is 3. The predicted molar refractivity (Wildman–Crippen MR) is 243 cm³/mol. The van der Waals surface area contributed by atoms with E-state index in [1.807, 2.05) is 0 Å². The molecule has 0 fully saturated rings. The van der Waals surface area contributed by atoms with Crippen LogP contribution in [-0.2, 0) is 28.6 Å². The van der Waals surface area contributed by atoms with Gasteiger partial charge in [-0.2, -0.15) is 0 Å². The molecule has 0 bridgehead atoms. The molecule has 0 aromatic rings. The van der Waals surface area contributed by atoms with Crippen LogP contribution in [0.3, 0.4) is 0 Å². The second-order valence-corrected chi connectivity index (χ2v) is 16.7. The monoisotopic (exact) mass is 803 g/mol. The van der Waals surface area contributed by atoms with Gasteiger partial charge in [-0.15, -0.1) is 0 Å². The lowest BCUT2D eigenvalue weighted by Gasteiger charge is -2.18. The van der Waals surface area contributed by atoms with Gasteiger partial charge in [0.2, 0.25) is 0 Å². The van der Waals surface area contributed by atoms with Gasteiger partial charge >= 0.3 is 17.9 Å². The van der Waals surface area contributed by atoms with Crippen molar-refractivity contribution in [3.63, 3.8) is 0 Å². The smallest absolute Gasteiger partial charge is 0.306 e. The minimum absolute atomic E-state index is 0.0726. The molecule has 1 unspecified atom stereocenters. The molecule has 0 aliphatic rings. The summed E-state index contributed by atoms with van der Waals surface area (Å²) < 4.78 is 16.7. The van der Waals surface area contributed by atoms with Gasteiger partial charge in [-0.1, -0.05) is 225 Å². The van der Waals surface area contributed by atoms with E-state index in [4.69, 9.17) is 14.2 Å². The van der Waals surface area contributed by atoms with Gasteiger partial charge in [0.25, 0.3) is 0 Å². The van der Waals surface area contributed by atoms with E-state index < -0.39 is 6.10 Å². The highest BCUT2D eigenvalue weighted by Gasteiger charge is 2.19. The van der Waals surface area contributed by atoms with Crippen molar-refractivity contribution in [3.05, 3.63) is 24.3 Å². The van der Waals surface area contributed by atoms with Crippen LogP contribution in [0.2, 0.25) is 0 Å². The number of hydrogen-bond acceptors (Lipinski definition) is 6. The number of carbonyl (C=O) groups is 3. The fourth-order valence-electron chi connectivity index (χ4n) is 7.17. The number of hydrogen-bond donors (Lipinski definition) is 0. The molecule has 0 amide bonds. The van der Waals surface area contributed by atoms with E-state index >= 15 is 0 Å². The van der Waals surface area contributed by atoms with E-state index in [1.165, 1.54) is 141 Å². The van der Waals surface area contributed by atoms with Gasteiger partial charge in [0.05, 0.1) is 0 Å². The Morgan fingerprint density at radius 1 is 0.351 bits per heavy atom. The molecule has 6 nitrogen and oxygen atoms in total. The summed E-state index contributed by atoms with van der Waals surface area (Å²) in [7, 11) is 0. The first-order chi connectivity index (χ1) is 28.0. The zero-order valence-corrected chi connectivity index (χ0v) is 38.1. The standard InChI is InChI=1S/C51H94O6/c1-4-7-10-13-16-19-21-23-25-26-28-29-32-35-38-41-44-50(53)56-47-48(46-55-49(52)43-40-37-34-31-18-15-12-9-6-3)57-51(54)45-42-39-36-33-30-27-24-22-20-17-14-11-8-5-2/h14,17,22,24,48H,4-13,15-16,18-21,23,25-47H2,1-3H3/b17-14-,24-22-. The average molecular weight is 803 g/mol. The predicted octanol–water partition coefficient (Wildman–Crippen LogP) is 16.0. The molecule has 0 spiro atoms. The van der Waals surface area contributed by atoms with Gasteiger partial charge in [0.1, 0.15) is 13.2 Å². The van der Waals surface area contributed by atoms with E-state index in [0.717, 1.165) is 83.5 Å². The van der Waals surface area contributed by atoms with Gasteiger partial charge in [0, 0.05) is 19.3 Å². The molecule has 0 aliphatic carbocycles. The molecular weight excluding hydrogens is 709 g/mol. The Kier molecular flexibility index (Phi) is 44.9. The minimum atomic E-state index is -0.771. The molecule has 334 valence electrons. The van der Waals surface area contributed by atoms with Crippen molar-refractivity contribution in [2.75, 3.05) is 13.2 Å². The maximum absolute atomic E-state index is 12.7. The molecule has 0 aromatic heterocycles. The van der Waals surface area contributed by atoms with Crippen molar-refractivity contribution in [1.29, 1.82) is 0 Å². The van der Waals surface area contributed by atoms with Crippen LogP contribution in [0.1, 0.15) is 265 Å². The van der Waals surface area contributed by atoms with E-state index in [1.54, 1.807) is 0 Å². The van der Waals surface area contributed by atoms with E-state index in [2.05, 4.69) is 45.1 Å². The molecule has 0 saturated heterocycles. The van der Waals surface area contributed by atoms with E-state index in [0.29, 0.717) is 19.3 Å². The normalized spacial score (nSPS) is 12.1. The molecule has 57 heavy (non-hydrogen) atoms. The SMILES string of the molecule is CCCC/C=C\C/C=C\CCCCCCCC(=O)OC(COC(=O)CCCCCCCCCCC)COC(=O)CCCCCCCCCCCCCCCCCC. The van der Waals surface area contributed by atoms with Crippen molar-refractivity contribution in [1.82, 2.24) is 0 Å². The highest BCUT2D eigenvalue weighted by molar-refractivity contribution is 5.71. The Morgan fingerprint density at radius 3 is 1.02 bits per heavy atom. The fourth-order valence-corrected chi connectivity index (χ4v) is 7.17. The molecule has 1 atom stereocenters. The van der Waals surface area contributed by atoms with Crippen molar-refractivity contribution >= 4 is 17.9 Å². The minimum Gasteiger partial charge on any atom is -0.462 e.